The van der Waals surface area contributed by atoms with Crippen LogP contribution in [0.2, 0.25) is 0 Å². The fraction of sp³-hybridized carbons (Fsp3) is 0.184. The summed E-state index contributed by atoms with van der Waals surface area (Å²) in [5.74, 6) is 1.71. The van der Waals surface area contributed by atoms with Crippen molar-refractivity contribution in [2.75, 3.05) is 6.54 Å². The van der Waals surface area contributed by atoms with E-state index >= 15 is 0 Å². The van der Waals surface area contributed by atoms with E-state index in [2.05, 4.69) is 58.5 Å². The minimum atomic E-state index is -0.606. The Morgan fingerprint density at radius 2 is 1.61 bits per heavy atom. The van der Waals surface area contributed by atoms with Crippen molar-refractivity contribution in [2.45, 2.75) is 38.8 Å². The van der Waals surface area contributed by atoms with Crippen LogP contribution in [0.1, 0.15) is 49.9 Å². The van der Waals surface area contributed by atoms with Gasteiger partial charge in [-0.3, -0.25) is 4.79 Å². The number of ether oxygens (including phenoxy) is 1. The van der Waals surface area contributed by atoms with Crippen molar-refractivity contribution in [1.29, 1.82) is 0 Å². The number of para-hydroxylation sites is 1. The summed E-state index contributed by atoms with van der Waals surface area (Å²) in [5.41, 5.74) is 10.1. The van der Waals surface area contributed by atoms with Crippen molar-refractivity contribution in [3.05, 3.63) is 126 Å². The molecule has 0 bridgehead atoms. The summed E-state index contributed by atoms with van der Waals surface area (Å²) in [6.07, 6.45) is 0.760. The number of fused-ring (bicyclic) bond motifs is 2. The number of primary amides is 1. The largest absolute Gasteiger partial charge is 0.457 e. The molecule has 1 heterocycles. The molecule has 5 aromatic carbocycles. The van der Waals surface area contributed by atoms with Gasteiger partial charge in [0.15, 0.2) is 0 Å². The van der Waals surface area contributed by atoms with Crippen molar-refractivity contribution < 1.29 is 14.3 Å². The van der Waals surface area contributed by atoms with Gasteiger partial charge in [-0.2, -0.15) is 0 Å². The van der Waals surface area contributed by atoms with Gasteiger partial charge in [-0.15, -0.1) is 0 Å². The van der Waals surface area contributed by atoms with Crippen LogP contribution in [0.5, 0.6) is 11.5 Å². The second-order valence-electron chi connectivity index (χ2n) is 11.4. The highest BCUT2D eigenvalue weighted by Crippen LogP contribution is 2.36. The topological polar surface area (TPSA) is 111 Å². The summed E-state index contributed by atoms with van der Waals surface area (Å²) in [7, 11) is 0. The van der Waals surface area contributed by atoms with Crippen molar-refractivity contribution in [1.82, 2.24) is 20.2 Å². The first kappa shape index (κ1) is 30.4. The smallest absolute Gasteiger partial charge is 0.315 e. The summed E-state index contributed by atoms with van der Waals surface area (Å²) < 4.78 is 8.43. The molecule has 0 aliphatic heterocycles. The van der Waals surface area contributed by atoms with Crippen LogP contribution in [0.4, 0.5) is 4.79 Å². The van der Waals surface area contributed by atoms with Crippen LogP contribution in [0.15, 0.2) is 115 Å². The predicted molar refractivity (Wildman–Crippen MR) is 183 cm³/mol. The molecule has 0 spiro atoms. The molecule has 232 valence electrons. The zero-order valence-corrected chi connectivity index (χ0v) is 25.9. The summed E-state index contributed by atoms with van der Waals surface area (Å²) in [6, 6.07) is 37.2. The van der Waals surface area contributed by atoms with E-state index in [-0.39, 0.29) is 18.5 Å². The zero-order chi connectivity index (χ0) is 32.0. The molecule has 8 nitrogen and oxygen atoms in total. The number of nitrogens with zero attached hydrogens (tertiary/aromatic N) is 2. The third kappa shape index (κ3) is 6.56. The van der Waals surface area contributed by atoms with Crippen LogP contribution in [-0.4, -0.2) is 28.0 Å². The lowest BCUT2D eigenvalue weighted by atomic mass is 9.98. The van der Waals surface area contributed by atoms with Crippen molar-refractivity contribution in [3.63, 3.8) is 0 Å². The van der Waals surface area contributed by atoms with E-state index in [1.54, 1.807) is 0 Å². The first-order chi connectivity index (χ1) is 22.4. The van der Waals surface area contributed by atoms with Crippen molar-refractivity contribution in [2.24, 2.45) is 5.73 Å². The highest BCUT2D eigenvalue weighted by Gasteiger charge is 2.23. The van der Waals surface area contributed by atoms with E-state index < -0.39 is 11.9 Å². The number of imidazole rings is 1. The molecule has 1 aromatic heterocycles. The molecule has 2 atom stereocenters. The minimum Gasteiger partial charge on any atom is -0.457 e. The number of hydrogen-bond acceptors (Lipinski definition) is 4. The molecule has 0 fully saturated rings. The number of amides is 3. The van der Waals surface area contributed by atoms with Gasteiger partial charge in [0.1, 0.15) is 17.3 Å². The van der Waals surface area contributed by atoms with Crippen LogP contribution in [0, 0.1) is 0 Å². The Bertz CT molecular complexity index is 2000. The number of hydrogen-bond donors (Lipinski definition) is 3. The molecular weight excluding hydrogens is 574 g/mol. The summed E-state index contributed by atoms with van der Waals surface area (Å²) in [5, 5.41) is 8.07. The number of carbonyl (C=O) groups excluding carboxylic acids is 2. The third-order valence-corrected chi connectivity index (χ3v) is 8.09. The molecule has 0 aliphatic rings. The van der Waals surface area contributed by atoms with E-state index in [0.29, 0.717) is 12.3 Å². The molecule has 0 aliphatic carbocycles. The maximum atomic E-state index is 12.6. The van der Waals surface area contributed by atoms with Gasteiger partial charge < -0.3 is 25.7 Å². The first-order valence-electron chi connectivity index (χ1n) is 15.6. The second kappa shape index (κ2) is 13.6. The number of nitrogens with two attached hydrogens (primary N) is 1. The van der Waals surface area contributed by atoms with Crippen LogP contribution in [0.3, 0.4) is 0 Å². The normalized spacial score (nSPS) is 12.5. The maximum absolute atomic E-state index is 12.6. The van der Waals surface area contributed by atoms with E-state index in [1.165, 1.54) is 16.3 Å². The fourth-order valence-electron chi connectivity index (χ4n) is 5.91. The molecule has 6 aromatic rings. The van der Waals surface area contributed by atoms with Gasteiger partial charge in [-0.1, -0.05) is 85.8 Å². The zero-order valence-electron chi connectivity index (χ0n) is 25.9. The summed E-state index contributed by atoms with van der Waals surface area (Å²) >= 11 is 0. The Hall–Kier alpha value is -5.63. The third-order valence-electron chi connectivity index (χ3n) is 8.09. The molecule has 3 amide bonds. The molecule has 0 saturated carbocycles. The number of carbonyl (C=O) groups is 2. The summed E-state index contributed by atoms with van der Waals surface area (Å²) in [4.78, 5) is 29.8. The van der Waals surface area contributed by atoms with E-state index in [0.717, 1.165) is 40.2 Å². The van der Waals surface area contributed by atoms with Gasteiger partial charge in [-0.05, 0) is 71.6 Å². The first-order valence-corrected chi connectivity index (χ1v) is 15.6. The lowest BCUT2D eigenvalue weighted by Crippen LogP contribution is -2.39. The molecule has 6 rings (SSSR count). The number of benzene rings is 5. The van der Waals surface area contributed by atoms with Crippen LogP contribution < -0.4 is 21.1 Å². The molecule has 0 radical (unpaired) electrons. The Morgan fingerprint density at radius 3 is 2.41 bits per heavy atom. The average molecular weight is 612 g/mol. The van der Waals surface area contributed by atoms with Crippen molar-refractivity contribution >= 4 is 33.7 Å². The predicted octanol–water partition coefficient (Wildman–Crippen LogP) is 7.88. The summed E-state index contributed by atoms with van der Waals surface area (Å²) in [6.45, 7) is 4.69. The average Bonchev–Trinajstić information content (AvgIpc) is 3.46. The molecule has 46 heavy (non-hydrogen) atoms. The monoisotopic (exact) mass is 611 g/mol. The fourth-order valence-corrected chi connectivity index (χ4v) is 5.91. The van der Waals surface area contributed by atoms with E-state index in [9.17, 15) is 9.59 Å². The molecule has 0 saturated heterocycles. The minimum absolute atomic E-state index is 0.0378. The van der Waals surface area contributed by atoms with Gasteiger partial charge in [0.2, 0.25) is 5.91 Å². The maximum Gasteiger partial charge on any atom is 0.315 e. The highest BCUT2D eigenvalue weighted by atomic mass is 16.5. The number of urea groups is 1. The molecule has 8 heteroatoms. The standard InChI is InChI=1S/C38H37N5O3/c1-3-21-40-38(45)42-33(24-36(39)44)27-19-20-35-34(23-27)41-37(28-13-9-16-30(22-28)46-29-14-5-4-6-15-29)43(35)25(2)31-18-10-12-26-11-7-8-17-32(26)31/h4-20,22-23,25,33H,3,21,24H2,1-2H3,(H2,39,44)(H2,40,42,45). The van der Waals surface area contributed by atoms with Gasteiger partial charge in [0, 0.05) is 12.1 Å². The van der Waals surface area contributed by atoms with E-state index in [1.807, 2.05) is 85.8 Å². The van der Waals surface area contributed by atoms with Crippen LogP contribution in [-0.2, 0) is 4.79 Å². The lowest BCUT2D eigenvalue weighted by molar-refractivity contribution is -0.118. The molecule has 2 unspecified atom stereocenters. The Kier molecular flexibility index (Phi) is 8.96. The Labute approximate surface area is 268 Å². The van der Waals surface area contributed by atoms with Gasteiger partial charge in [-0.25, -0.2) is 9.78 Å². The van der Waals surface area contributed by atoms with Crippen LogP contribution in [0.25, 0.3) is 33.2 Å². The quantitative estimate of drug-likeness (QED) is 0.138. The van der Waals surface area contributed by atoms with E-state index in [4.69, 9.17) is 15.5 Å². The van der Waals surface area contributed by atoms with Gasteiger partial charge in [0.05, 0.1) is 29.5 Å². The van der Waals surface area contributed by atoms with Gasteiger partial charge in [0.25, 0.3) is 0 Å². The SMILES string of the molecule is CCCNC(=O)NC(CC(N)=O)c1ccc2c(c1)nc(-c1cccc(Oc3ccccc3)c1)n2C(C)c1cccc2ccccc12. The molecular formula is C38H37N5O3. The second-order valence-corrected chi connectivity index (χ2v) is 11.4. The highest BCUT2D eigenvalue weighted by molar-refractivity contribution is 5.88. The van der Waals surface area contributed by atoms with Gasteiger partial charge >= 0.3 is 6.03 Å². The number of aromatic nitrogens is 2. The van der Waals surface area contributed by atoms with Crippen molar-refractivity contribution in [3.8, 4) is 22.9 Å². The Morgan fingerprint density at radius 1 is 0.870 bits per heavy atom. The van der Waals surface area contributed by atoms with Crippen LogP contribution >= 0.6 is 0 Å². The molecule has 4 N–H and O–H groups in total. The number of rotatable bonds is 11. The number of nitrogens with one attached hydrogen (secondary N) is 2. The lowest BCUT2D eigenvalue weighted by Gasteiger charge is -2.21. The Balaban J connectivity index is 1.48.